The van der Waals surface area contributed by atoms with Gasteiger partial charge < -0.3 is 27.9 Å². The number of carbonyl (C=O) groups excluding carboxylic acids is 2. The molecule has 0 rings (SSSR count). The number of hydrogen-bond donors (Lipinski definition) is 0. The normalized spacial score (nSPS) is 14.0. The van der Waals surface area contributed by atoms with Crippen LogP contribution in [0.5, 0.6) is 0 Å². The highest BCUT2D eigenvalue weighted by Gasteiger charge is 2.21. The molecule has 0 aromatic carbocycles. The summed E-state index contributed by atoms with van der Waals surface area (Å²) in [6.07, 6.45) is 58.2. The third kappa shape index (κ3) is 48.9. The lowest BCUT2D eigenvalue weighted by Crippen LogP contribution is -2.37. The molecule has 0 N–H and O–H groups in total. The lowest BCUT2D eigenvalue weighted by Gasteiger charge is -2.28. The summed E-state index contributed by atoms with van der Waals surface area (Å²) in [6.45, 7) is 4.10. The van der Waals surface area contributed by atoms with Gasteiger partial charge in [0.2, 0.25) is 0 Å². The second-order valence-electron chi connectivity index (χ2n) is 18.2. The molecular weight excluding hydrogens is 822 g/mol. The van der Waals surface area contributed by atoms with Crippen LogP contribution < -0.4 is 4.89 Å². The van der Waals surface area contributed by atoms with Crippen LogP contribution in [0.2, 0.25) is 0 Å². The maximum atomic E-state index is 12.7. The number of phosphoric acid groups is 1. The van der Waals surface area contributed by atoms with Crippen LogP contribution in [0.4, 0.5) is 0 Å². The molecule has 1 unspecified atom stereocenters. The maximum Gasteiger partial charge on any atom is 0.306 e. The van der Waals surface area contributed by atoms with E-state index in [1.54, 1.807) is 0 Å². The van der Waals surface area contributed by atoms with Crippen LogP contribution in [-0.2, 0) is 32.7 Å². The first kappa shape index (κ1) is 61.5. The molecular formula is C54H96NO8P. The molecule has 0 bridgehead atoms. The number of rotatable bonds is 46. The Bertz CT molecular complexity index is 1310. The fourth-order valence-corrected chi connectivity index (χ4v) is 7.40. The van der Waals surface area contributed by atoms with E-state index < -0.39 is 32.5 Å². The monoisotopic (exact) mass is 918 g/mol. The molecule has 0 aromatic rings. The number of quaternary nitrogens is 1. The summed E-state index contributed by atoms with van der Waals surface area (Å²) in [6, 6.07) is 0. The minimum absolute atomic E-state index is 0.0491. The summed E-state index contributed by atoms with van der Waals surface area (Å²) in [5.41, 5.74) is 0. The SMILES string of the molecule is CCCCC/C=C/C/C=C/C/C=C/C/C=C/CCCC(=O)OC[C@H](COP(=O)([O-])OCC[N+](C)(C)C)OC(=O)CCC/C=C/CC/C=C/CCCCCCCCCCCCCCCC. The molecule has 2 atom stereocenters. The molecule has 0 fully saturated rings. The molecule has 9 nitrogen and oxygen atoms in total. The summed E-state index contributed by atoms with van der Waals surface area (Å²) in [5.74, 6) is -0.951. The molecule has 64 heavy (non-hydrogen) atoms. The number of allylic oxidation sites excluding steroid dienone is 12. The summed E-state index contributed by atoms with van der Waals surface area (Å²) in [5, 5.41) is 0. The van der Waals surface area contributed by atoms with Gasteiger partial charge in [-0.05, 0) is 83.5 Å². The smallest absolute Gasteiger partial charge is 0.306 e. The zero-order valence-electron chi connectivity index (χ0n) is 41.7. The van der Waals surface area contributed by atoms with Crippen molar-refractivity contribution in [2.24, 2.45) is 0 Å². The van der Waals surface area contributed by atoms with Gasteiger partial charge in [0.25, 0.3) is 7.82 Å². The number of ether oxygens (including phenoxy) is 2. The van der Waals surface area contributed by atoms with E-state index >= 15 is 0 Å². The molecule has 0 aromatic heterocycles. The Morgan fingerprint density at radius 2 is 0.859 bits per heavy atom. The molecule has 0 radical (unpaired) electrons. The van der Waals surface area contributed by atoms with Gasteiger partial charge in [0, 0.05) is 12.8 Å². The molecule has 0 spiro atoms. The predicted molar refractivity (Wildman–Crippen MR) is 268 cm³/mol. The zero-order valence-corrected chi connectivity index (χ0v) is 42.6. The van der Waals surface area contributed by atoms with Crippen molar-refractivity contribution in [1.82, 2.24) is 0 Å². The van der Waals surface area contributed by atoms with Crippen LogP contribution in [0.15, 0.2) is 72.9 Å². The number of esters is 2. The Kier molecular flexibility index (Phi) is 43.8. The van der Waals surface area contributed by atoms with Crippen LogP contribution in [0.3, 0.4) is 0 Å². The molecule has 370 valence electrons. The fraction of sp³-hybridized carbons (Fsp3) is 0.741. The Balaban J connectivity index is 4.38. The molecule has 0 aliphatic carbocycles. The molecule has 0 aliphatic heterocycles. The third-order valence-corrected chi connectivity index (χ3v) is 11.6. The highest BCUT2D eigenvalue weighted by Crippen LogP contribution is 2.38. The zero-order chi connectivity index (χ0) is 47.1. The van der Waals surface area contributed by atoms with Gasteiger partial charge in [0.1, 0.15) is 19.8 Å². The van der Waals surface area contributed by atoms with E-state index in [2.05, 4.69) is 80.7 Å². The van der Waals surface area contributed by atoms with Crippen molar-refractivity contribution in [3.05, 3.63) is 72.9 Å². The summed E-state index contributed by atoms with van der Waals surface area (Å²) >= 11 is 0. The summed E-state index contributed by atoms with van der Waals surface area (Å²) < 4.78 is 33.9. The van der Waals surface area contributed by atoms with E-state index in [1.165, 1.54) is 116 Å². The Labute approximate surface area is 393 Å². The average Bonchev–Trinajstić information content (AvgIpc) is 3.25. The first-order valence-electron chi connectivity index (χ1n) is 25.6. The van der Waals surface area contributed by atoms with Crippen molar-refractivity contribution in [3.8, 4) is 0 Å². The minimum Gasteiger partial charge on any atom is -0.756 e. The van der Waals surface area contributed by atoms with Crippen LogP contribution in [0.25, 0.3) is 0 Å². The first-order chi connectivity index (χ1) is 31.0. The third-order valence-electron chi connectivity index (χ3n) is 10.7. The van der Waals surface area contributed by atoms with Crippen LogP contribution in [0.1, 0.15) is 206 Å². The van der Waals surface area contributed by atoms with Gasteiger partial charge in [-0.25, -0.2) is 0 Å². The largest absolute Gasteiger partial charge is 0.756 e. The summed E-state index contributed by atoms with van der Waals surface area (Å²) in [4.78, 5) is 37.6. The second kappa shape index (κ2) is 45.6. The van der Waals surface area contributed by atoms with Gasteiger partial charge in [0.15, 0.2) is 6.10 Å². The van der Waals surface area contributed by atoms with Crippen LogP contribution in [0, 0.1) is 0 Å². The van der Waals surface area contributed by atoms with Gasteiger partial charge in [-0.3, -0.25) is 14.2 Å². The number of carbonyl (C=O) groups is 2. The number of hydrogen-bond acceptors (Lipinski definition) is 8. The molecule has 10 heteroatoms. The van der Waals surface area contributed by atoms with E-state index in [9.17, 15) is 19.0 Å². The van der Waals surface area contributed by atoms with Gasteiger partial charge in [-0.2, -0.15) is 0 Å². The number of likely N-dealkylation sites (N-methyl/N-ethyl adjacent to an activating group) is 1. The molecule has 0 saturated carbocycles. The minimum atomic E-state index is -4.66. The lowest BCUT2D eigenvalue weighted by atomic mass is 10.0. The summed E-state index contributed by atoms with van der Waals surface area (Å²) in [7, 11) is 1.11. The molecule has 0 amide bonds. The van der Waals surface area contributed by atoms with Gasteiger partial charge >= 0.3 is 11.9 Å². The molecule has 0 aliphatic rings. The quantitative estimate of drug-likeness (QED) is 0.0195. The standard InChI is InChI=1S/C54H96NO8P/c1-6-8-10-12-14-16-18-20-22-24-25-26-27-28-29-31-33-35-37-39-41-43-45-47-54(57)63-52(51-62-64(58,59)61-49-48-55(3,4)5)50-60-53(56)46-44-42-40-38-36-34-32-30-23-21-19-17-15-13-11-9-7-2/h15,17,21,23,31-34,38-41,52H,6-14,16,18-20,22,24-30,35-37,42-51H2,1-5H3/b17-15+,23-21+,33-31+,34-32+,40-38+,41-39+/t52-/m1/s1. The highest BCUT2D eigenvalue weighted by molar-refractivity contribution is 7.45. The molecule has 0 heterocycles. The van der Waals surface area contributed by atoms with Crippen molar-refractivity contribution in [2.75, 3.05) is 47.5 Å². The Morgan fingerprint density at radius 3 is 1.34 bits per heavy atom. The van der Waals surface area contributed by atoms with Crippen molar-refractivity contribution in [3.63, 3.8) is 0 Å². The van der Waals surface area contributed by atoms with Crippen molar-refractivity contribution < 1.29 is 42.1 Å². The average molecular weight is 918 g/mol. The van der Waals surface area contributed by atoms with E-state index in [4.69, 9.17) is 18.5 Å². The van der Waals surface area contributed by atoms with Crippen molar-refractivity contribution in [1.29, 1.82) is 0 Å². The van der Waals surface area contributed by atoms with Crippen molar-refractivity contribution in [2.45, 2.75) is 213 Å². The van der Waals surface area contributed by atoms with E-state index in [0.29, 0.717) is 23.9 Å². The highest BCUT2D eigenvalue weighted by atomic mass is 31.2. The van der Waals surface area contributed by atoms with Gasteiger partial charge in [-0.1, -0.05) is 183 Å². The molecule has 0 saturated heterocycles. The predicted octanol–water partition coefficient (Wildman–Crippen LogP) is 14.7. The van der Waals surface area contributed by atoms with E-state index in [1.807, 2.05) is 27.2 Å². The number of unbranched alkanes of at least 4 members (excludes halogenated alkanes) is 20. The van der Waals surface area contributed by atoms with Crippen molar-refractivity contribution >= 4 is 19.8 Å². The van der Waals surface area contributed by atoms with Gasteiger partial charge in [-0.15, -0.1) is 0 Å². The number of nitrogens with zero attached hydrogens (tertiary/aromatic N) is 1. The van der Waals surface area contributed by atoms with Crippen LogP contribution in [-0.4, -0.2) is 70.0 Å². The number of phosphoric ester groups is 1. The van der Waals surface area contributed by atoms with Crippen LogP contribution >= 0.6 is 7.82 Å². The Hall–Kier alpha value is -2.55. The second-order valence-corrected chi connectivity index (χ2v) is 19.6. The van der Waals surface area contributed by atoms with Gasteiger partial charge in [0.05, 0.1) is 27.7 Å². The van der Waals surface area contributed by atoms with E-state index in [0.717, 1.165) is 51.4 Å². The topological polar surface area (TPSA) is 111 Å². The first-order valence-corrected chi connectivity index (χ1v) is 27.1. The lowest BCUT2D eigenvalue weighted by molar-refractivity contribution is -0.870. The van der Waals surface area contributed by atoms with E-state index in [-0.39, 0.29) is 26.1 Å². The fourth-order valence-electron chi connectivity index (χ4n) is 6.67. The maximum absolute atomic E-state index is 12.7. The Morgan fingerprint density at radius 1 is 0.484 bits per heavy atom.